The topological polar surface area (TPSA) is 92.3 Å². The van der Waals surface area contributed by atoms with E-state index in [-0.39, 0.29) is 11.6 Å². The van der Waals surface area contributed by atoms with E-state index in [1.54, 1.807) is 7.11 Å². The van der Waals surface area contributed by atoms with Crippen LogP contribution in [0.4, 0.5) is 0 Å². The summed E-state index contributed by atoms with van der Waals surface area (Å²) in [5, 5.41) is 11.0. The zero-order chi connectivity index (χ0) is 16.4. The van der Waals surface area contributed by atoms with Gasteiger partial charge in [-0.25, -0.2) is 4.79 Å². The van der Waals surface area contributed by atoms with Crippen molar-refractivity contribution in [3.8, 4) is 11.6 Å². The number of aromatic amines is 2. The molecule has 2 aromatic heterocycles. The maximum atomic E-state index is 11.6. The van der Waals surface area contributed by atoms with Crippen LogP contribution < -0.4 is 10.4 Å². The molecular formula is C16H19N3O4. The van der Waals surface area contributed by atoms with Gasteiger partial charge >= 0.3 is 5.69 Å². The van der Waals surface area contributed by atoms with Gasteiger partial charge in [-0.15, -0.1) is 0 Å². The summed E-state index contributed by atoms with van der Waals surface area (Å²) in [6, 6.07) is 5.78. The summed E-state index contributed by atoms with van der Waals surface area (Å²) in [7, 11) is 3.15. The molecule has 1 aromatic carbocycles. The highest BCUT2D eigenvalue weighted by atomic mass is 16.5. The Morgan fingerprint density at radius 1 is 1.30 bits per heavy atom. The Hall–Kier alpha value is -2.67. The Morgan fingerprint density at radius 2 is 2.13 bits per heavy atom. The molecule has 0 fully saturated rings. The molecule has 0 aliphatic heterocycles. The molecule has 0 spiro atoms. The predicted molar refractivity (Wildman–Crippen MR) is 86.2 cm³/mol. The number of nitrogens with zero attached hydrogens (tertiary/aromatic N) is 1. The first-order chi connectivity index (χ1) is 11.1. The number of H-pyrrole nitrogens is 2. The molecule has 0 aliphatic carbocycles. The number of rotatable bonds is 6. The summed E-state index contributed by atoms with van der Waals surface area (Å²) in [6.07, 6.45) is 2.28. The van der Waals surface area contributed by atoms with Gasteiger partial charge in [-0.1, -0.05) is 12.1 Å². The maximum absolute atomic E-state index is 11.6. The molecule has 23 heavy (non-hydrogen) atoms. The van der Waals surface area contributed by atoms with Crippen LogP contribution >= 0.6 is 0 Å². The van der Waals surface area contributed by atoms with Gasteiger partial charge in [-0.05, 0) is 11.6 Å². The number of benzene rings is 1. The molecule has 3 aromatic rings. The van der Waals surface area contributed by atoms with Gasteiger partial charge in [0.15, 0.2) is 0 Å². The van der Waals surface area contributed by atoms with Crippen molar-refractivity contribution in [2.45, 2.75) is 6.42 Å². The van der Waals surface area contributed by atoms with Crippen LogP contribution in [-0.2, 0) is 18.2 Å². The third-order valence-corrected chi connectivity index (χ3v) is 3.83. The molecule has 0 amide bonds. The van der Waals surface area contributed by atoms with Crippen molar-refractivity contribution in [1.82, 2.24) is 14.5 Å². The van der Waals surface area contributed by atoms with Crippen molar-refractivity contribution < 1.29 is 14.6 Å². The van der Waals surface area contributed by atoms with Crippen LogP contribution in [0.25, 0.3) is 10.9 Å². The van der Waals surface area contributed by atoms with E-state index in [1.165, 1.54) is 11.6 Å². The molecule has 0 atom stereocenters. The van der Waals surface area contributed by atoms with Crippen LogP contribution in [-0.4, -0.2) is 40.0 Å². The molecule has 0 aliphatic rings. The molecule has 0 saturated heterocycles. The molecular weight excluding hydrogens is 298 g/mol. The van der Waals surface area contributed by atoms with Crippen LogP contribution in [0.2, 0.25) is 0 Å². The highest BCUT2D eigenvalue weighted by Crippen LogP contribution is 2.29. The fraction of sp³-hybridized carbons (Fsp3) is 0.312. The van der Waals surface area contributed by atoms with E-state index in [2.05, 4.69) is 9.97 Å². The van der Waals surface area contributed by atoms with Crippen molar-refractivity contribution in [3.05, 3.63) is 46.1 Å². The summed E-state index contributed by atoms with van der Waals surface area (Å²) in [4.78, 5) is 17.4. The van der Waals surface area contributed by atoms with E-state index >= 15 is 0 Å². The number of nitrogens with one attached hydrogen (secondary N) is 2. The first kappa shape index (κ1) is 15.2. The first-order valence-corrected chi connectivity index (χ1v) is 7.29. The van der Waals surface area contributed by atoms with Crippen molar-refractivity contribution in [3.63, 3.8) is 0 Å². The molecule has 3 N–H and O–H groups in total. The molecule has 0 radical (unpaired) electrons. The maximum Gasteiger partial charge on any atom is 0.328 e. The van der Waals surface area contributed by atoms with Crippen LogP contribution in [0.1, 0.15) is 11.3 Å². The fourth-order valence-electron chi connectivity index (χ4n) is 2.57. The molecule has 122 valence electrons. The number of para-hydroxylation sites is 1. The summed E-state index contributed by atoms with van der Waals surface area (Å²) >= 11 is 0. The van der Waals surface area contributed by atoms with Gasteiger partial charge in [-0.2, -0.15) is 0 Å². The summed E-state index contributed by atoms with van der Waals surface area (Å²) in [6.45, 7) is 0.986. The SMILES string of the molecule is COCCOc1cccc2c(Cc3[nH]c(=O)n(C)c3O)c[nH]c12. The van der Waals surface area contributed by atoms with Crippen molar-refractivity contribution >= 4 is 10.9 Å². The van der Waals surface area contributed by atoms with Gasteiger partial charge in [-0.3, -0.25) is 4.57 Å². The minimum Gasteiger partial charge on any atom is -0.493 e. The van der Waals surface area contributed by atoms with Gasteiger partial charge in [0.1, 0.15) is 12.4 Å². The van der Waals surface area contributed by atoms with Gasteiger partial charge in [0.2, 0.25) is 5.88 Å². The minimum absolute atomic E-state index is 0.0446. The second-order valence-electron chi connectivity index (χ2n) is 5.30. The average molecular weight is 317 g/mol. The third-order valence-electron chi connectivity index (χ3n) is 3.83. The van der Waals surface area contributed by atoms with E-state index in [1.807, 2.05) is 24.4 Å². The van der Waals surface area contributed by atoms with Crippen molar-refractivity contribution in [2.75, 3.05) is 20.3 Å². The Balaban J connectivity index is 1.92. The third kappa shape index (κ3) is 2.83. The Bertz CT molecular complexity index is 875. The lowest BCUT2D eigenvalue weighted by molar-refractivity contribution is 0.147. The molecule has 0 unspecified atom stereocenters. The zero-order valence-corrected chi connectivity index (χ0v) is 13.0. The smallest absolute Gasteiger partial charge is 0.328 e. The average Bonchev–Trinajstić information content (AvgIpc) is 3.06. The molecule has 0 saturated carbocycles. The number of aromatic hydroxyl groups is 1. The van der Waals surface area contributed by atoms with E-state index < -0.39 is 0 Å². The zero-order valence-electron chi connectivity index (χ0n) is 13.0. The van der Waals surface area contributed by atoms with E-state index in [9.17, 15) is 9.90 Å². The largest absolute Gasteiger partial charge is 0.493 e. The number of hydrogen-bond donors (Lipinski definition) is 3. The number of imidazole rings is 1. The normalized spacial score (nSPS) is 11.2. The van der Waals surface area contributed by atoms with Crippen LogP contribution in [0.5, 0.6) is 11.6 Å². The van der Waals surface area contributed by atoms with E-state index in [4.69, 9.17) is 9.47 Å². The predicted octanol–water partition coefficient (Wildman–Crippen LogP) is 1.52. The lowest BCUT2D eigenvalue weighted by Crippen LogP contribution is -2.11. The van der Waals surface area contributed by atoms with Gasteiger partial charge in [0.25, 0.3) is 0 Å². The van der Waals surface area contributed by atoms with Gasteiger partial charge in [0, 0.05) is 32.2 Å². The minimum atomic E-state index is -0.332. The molecule has 0 bridgehead atoms. The Kier molecular flexibility index (Phi) is 4.12. The van der Waals surface area contributed by atoms with E-state index in [0.29, 0.717) is 25.3 Å². The summed E-state index contributed by atoms with van der Waals surface area (Å²) < 4.78 is 11.9. The van der Waals surface area contributed by atoms with Crippen molar-refractivity contribution in [1.29, 1.82) is 0 Å². The molecule has 3 rings (SSSR count). The van der Waals surface area contributed by atoms with Gasteiger partial charge < -0.3 is 24.5 Å². The highest BCUT2D eigenvalue weighted by molar-refractivity contribution is 5.88. The number of hydrogen-bond acceptors (Lipinski definition) is 4. The Morgan fingerprint density at radius 3 is 2.83 bits per heavy atom. The second-order valence-corrected chi connectivity index (χ2v) is 5.30. The van der Waals surface area contributed by atoms with Crippen LogP contribution in [0, 0.1) is 0 Å². The molecule has 2 heterocycles. The molecule has 7 nitrogen and oxygen atoms in total. The Labute approximate surface area is 132 Å². The number of ether oxygens (including phenoxy) is 2. The van der Waals surface area contributed by atoms with Gasteiger partial charge in [0.05, 0.1) is 17.8 Å². The first-order valence-electron chi connectivity index (χ1n) is 7.29. The molecule has 7 heteroatoms. The van der Waals surface area contributed by atoms with Crippen LogP contribution in [0.3, 0.4) is 0 Å². The number of methoxy groups -OCH3 is 1. The number of fused-ring (bicyclic) bond motifs is 1. The van der Waals surface area contributed by atoms with E-state index in [0.717, 1.165) is 22.2 Å². The lowest BCUT2D eigenvalue weighted by Gasteiger charge is -2.06. The van der Waals surface area contributed by atoms with Crippen LogP contribution in [0.15, 0.2) is 29.2 Å². The standard InChI is InChI=1S/C16H19N3O4/c1-19-15(20)12(18-16(19)21)8-10-9-17-14-11(10)4-3-5-13(14)23-7-6-22-2/h3-5,9,17,20H,6-8H2,1-2H3,(H,18,21). The van der Waals surface area contributed by atoms with Crippen molar-refractivity contribution in [2.24, 2.45) is 7.05 Å². The lowest BCUT2D eigenvalue weighted by atomic mass is 10.1. The highest BCUT2D eigenvalue weighted by Gasteiger charge is 2.14. The number of aromatic nitrogens is 3. The monoisotopic (exact) mass is 317 g/mol. The quantitative estimate of drug-likeness (QED) is 0.601. The fourth-order valence-corrected chi connectivity index (χ4v) is 2.57. The second kappa shape index (κ2) is 6.21. The summed E-state index contributed by atoms with van der Waals surface area (Å²) in [5.74, 6) is 0.702. The summed E-state index contributed by atoms with van der Waals surface area (Å²) in [5.41, 5.74) is 2.01.